The van der Waals surface area contributed by atoms with Gasteiger partial charge in [-0.1, -0.05) is 12.1 Å². The summed E-state index contributed by atoms with van der Waals surface area (Å²) >= 11 is 0. The van der Waals surface area contributed by atoms with Crippen LogP contribution in [0.2, 0.25) is 0 Å². The molecule has 31 heavy (non-hydrogen) atoms. The Bertz CT molecular complexity index is 1230. The summed E-state index contributed by atoms with van der Waals surface area (Å²) in [5, 5.41) is 11.3. The maximum Gasteiger partial charge on any atom is 0.229 e. The molecule has 7 nitrogen and oxygen atoms in total. The highest BCUT2D eigenvalue weighted by molar-refractivity contribution is 5.92. The maximum atomic E-state index is 12.5. The first-order chi connectivity index (χ1) is 15.2. The van der Waals surface area contributed by atoms with Gasteiger partial charge in [0.15, 0.2) is 5.82 Å². The molecular formula is C24H23N5O2. The van der Waals surface area contributed by atoms with Gasteiger partial charge >= 0.3 is 0 Å². The Morgan fingerprint density at radius 1 is 1.16 bits per heavy atom. The minimum Gasteiger partial charge on any atom is -0.496 e. The maximum absolute atomic E-state index is 12.5. The van der Waals surface area contributed by atoms with E-state index in [1.54, 1.807) is 19.5 Å². The summed E-state index contributed by atoms with van der Waals surface area (Å²) < 4.78 is 5.45. The number of aromatic amines is 1. The molecule has 0 bridgehead atoms. The van der Waals surface area contributed by atoms with Crippen molar-refractivity contribution in [3.63, 3.8) is 0 Å². The van der Waals surface area contributed by atoms with Crippen LogP contribution in [0.1, 0.15) is 41.5 Å². The zero-order chi connectivity index (χ0) is 21.2. The van der Waals surface area contributed by atoms with E-state index in [0.717, 1.165) is 46.3 Å². The fourth-order valence-electron chi connectivity index (χ4n) is 4.23. The van der Waals surface area contributed by atoms with Gasteiger partial charge in [-0.2, -0.15) is 5.10 Å². The molecule has 0 aliphatic heterocycles. The number of H-pyrrole nitrogens is 1. The highest BCUT2D eigenvalue weighted by atomic mass is 16.5. The minimum absolute atomic E-state index is 0.0899. The Hall–Kier alpha value is -3.74. The number of benzene rings is 1. The smallest absolute Gasteiger partial charge is 0.229 e. The molecule has 2 N–H and O–H groups in total. The molecule has 7 heteroatoms. The molecule has 1 amide bonds. The number of amides is 1. The average molecular weight is 413 g/mol. The third kappa shape index (κ3) is 3.99. The number of pyridine rings is 2. The van der Waals surface area contributed by atoms with Crippen LogP contribution in [0.3, 0.4) is 0 Å². The van der Waals surface area contributed by atoms with Gasteiger partial charge in [-0.15, -0.1) is 0 Å². The zero-order valence-corrected chi connectivity index (χ0v) is 17.2. The summed E-state index contributed by atoms with van der Waals surface area (Å²) in [5.41, 5.74) is 4.07. The molecule has 0 radical (unpaired) electrons. The predicted molar refractivity (Wildman–Crippen MR) is 118 cm³/mol. The lowest BCUT2D eigenvalue weighted by Gasteiger charge is -2.35. The number of carbonyl (C=O) groups is 1. The van der Waals surface area contributed by atoms with Crippen molar-refractivity contribution in [1.82, 2.24) is 20.2 Å². The summed E-state index contributed by atoms with van der Waals surface area (Å²) in [6.45, 7) is 0. The third-order valence-corrected chi connectivity index (χ3v) is 5.95. The molecular weight excluding hydrogens is 390 g/mol. The number of nitrogens with one attached hydrogen (secondary N) is 2. The van der Waals surface area contributed by atoms with Gasteiger partial charge in [0.2, 0.25) is 5.91 Å². The van der Waals surface area contributed by atoms with Crippen molar-refractivity contribution >= 4 is 22.6 Å². The quantitative estimate of drug-likeness (QED) is 0.494. The van der Waals surface area contributed by atoms with E-state index in [0.29, 0.717) is 24.1 Å². The van der Waals surface area contributed by atoms with E-state index in [1.807, 2.05) is 48.7 Å². The Kier molecular flexibility index (Phi) is 5.08. The highest BCUT2D eigenvalue weighted by Gasteiger charge is 2.34. The molecule has 5 rings (SSSR count). The van der Waals surface area contributed by atoms with Crippen LogP contribution in [0.25, 0.3) is 10.9 Å². The fraction of sp³-hybridized carbons (Fsp3) is 0.250. The number of methoxy groups -OCH3 is 1. The first-order valence-corrected chi connectivity index (χ1v) is 10.4. The van der Waals surface area contributed by atoms with Gasteiger partial charge in [-0.05, 0) is 48.6 Å². The van der Waals surface area contributed by atoms with Crippen molar-refractivity contribution in [2.24, 2.45) is 0 Å². The number of ether oxygens (including phenoxy) is 1. The molecule has 1 aromatic carbocycles. The van der Waals surface area contributed by atoms with Gasteiger partial charge in [0.25, 0.3) is 0 Å². The number of aromatic nitrogens is 4. The molecule has 3 heterocycles. The normalized spacial score (nSPS) is 17.8. The lowest BCUT2D eigenvalue weighted by atomic mass is 9.70. The second-order valence-corrected chi connectivity index (χ2v) is 7.95. The monoisotopic (exact) mass is 413 g/mol. The van der Waals surface area contributed by atoms with E-state index in [2.05, 4.69) is 25.5 Å². The number of carbonyl (C=O) groups excluding carboxylic acids is 1. The summed E-state index contributed by atoms with van der Waals surface area (Å²) in [4.78, 5) is 21.0. The van der Waals surface area contributed by atoms with Crippen LogP contribution >= 0.6 is 0 Å². The molecule has 3 aromatic heterocycles. The van der Waals surface area contributed by atoms with Gasteiger partial charge < -0.3 is 10.1 Å². The number of nitrogens with zero attached hydrogens (tertiary/aromatic N) is 3. The van der Waals surface area contributed by atoms with Gasteiger partial charge in [0, 0.05) is 47.2 Å². The van der Waals surface area contributed by atoms with Crippen molar-refractivity contribution in [2.45, 2.75) is 31.1 Å². The molecule has 0 unspecified atom stereocenters. The summed E-state index contributed by atoms with van der Waals surface area (Å²) in [7, 11) is 1.69. The Morgan fingerprint density at radius 3 is 2.94 bits per heavy atom. The molecule has 1 aliphatic rings. The van der Waals surface area contributed by atoms with Crippen LogP contribution < -0.4 is 10.1 Å². The fourth-order valence-corrected chi connectivity index (χ4v) is 4.23. The van der Waals surface area contributed by atoms with Crippen LogP contribution in [0.4, 0.5) is 5.82 Å². The van der Waals surface area contributed by atoms with Crippen molar-refractivity contribution in [3.8, 4) is 5.75 Å². The topological polar surface area (TPSA) is 92.8 Å². The Morgan fingerprint density at radius 2 is 2.06 bits per heavy atom. The first-order valence-electron chi connectivity index (χ1n) is 10.4. The van der Waals surface area contributed by atoms with Crippen molar-refractivity contribution in [3.05, 3.63) is 77.9 Å². The van der Waals surface area contributed by atoms with E-state index in [4.69, 9.17) is 4.74 Å². The lowest BCUT2D eigenvalue weighted by molar-refractivity contribution is -0.115. The van der Waals surface area contributed by atoms with Crippen molar-refractivity contribution < 1.29 is 9.53 Å². The summed E-state index contributed by atoms with van der Waals surface area (Å²) in [6.07, 6.45) is 7.70. The SMILES string of the molecule is COc1ccncc1[C@H]1C[C@@H](c2cc(NC(=O)Cc3ccc4ncccc4c3)n[nH]2)C1. The van der Waals surface area contributed by atoms with E-state index in [1.165, 1.54) is 0 Å². The number of rotatable bonds is 6. The molecule has 1 fully saturated rings. The molecule has 0 atom stereocenters. The third-order valence-electron chi connectivity index (χ3n) is 5.95. The summed E-state index contributed by atoms with van der Waals surface area (Å²) in [5.74, 6) is 2.18. The molecule has 0 spiro atoms. The lowest BCUT2D eigenvalue weighted by Crippen LogP contribution is -2.21. The molecule has 0 saturated heterocycles. The molecule has 4 aromatic rings. The van der Waals surface area contributed by atoms with E-state index >= 15 is 0 Å². The second kappa shape index (κ2) is 8.18. The predicted octanol–water partition coefficient (Wildman–Crippen LogP) is 4.20. The van der Waals surface area contributed by atoms with Gasteiger partial charge in [0.05, 0.1) is 19.0 Å². The number of anilines is 1. The largest absolute Gasteiger partial charge is 0.496 e. The molecule has 156 valence electrons. The Balaban J connectivity index is 1.19. The number of hydrogen-bond donors (Lipinski definition) is 2. The zero-order valence-electron chi connectivity index (χ0n) is 17.2. The van der Waals surface area contributed by atoms with Crippen LogP contribution in [0.15, 0.2) is 61.1 Å². The van der Waals surface area contributed by atoms with E-state index in [9.17, 15) is 4.79 Å². The Labute approximate surface area is 179 Å². The van der Waals surface area contributed by atoms with Crippen molar-refractivity contribution in [2.75, 3.05) is 12.4 Å². The van der Waals surface area contributed by atoms with Crippen LogP contribution in [-0.4, -0.2) is 33.2 Å². The minimum atomic E-state index is -0.0899. The van der Waals surface area contributed by atoms with Crippen LogP contribution in [0, 0.1) is 0 Å². The van der Waals surface area contributed by atoms with Crippen LogP contribution in [-0.2, 0) is 11.2 Å². The van der Waals surface area contributed by atoms with Crippen LogP contribution in [0.5, 0.6) is 5.75 Å². The number of hydrogen-bond acceptors (Lipinski definition) is 5. The standard InChI is InChI=1S/C24H23N5O2/c1-31-22-6-8-25-14-19(22)17-11-18(12-17)21-13-23(29-28-21)27-24(30)10-15-4-5-20-16(9-15)3-2-7-26-20/h2-9,13-14,17-18H,10-12H2,1H3,(H2,27,28,29,30)/t17-,18+. The van der Waals surface area contributed by atoms with Crippen molar-refractivity contribution in [1.29, 1.82) is 0 Å². The molecule has 1 saturated carbocycles. The van der Waals surface area contributed by atoms with Gasteiger partial charge in [-0.3, -0.25) is 19.9 Å². The van der Waals surface area contributed by atoms with E-state index < -0.39 is 0 Å². The first kappa shape index (κ1) is 19.2. The summed E-state index contributed by atoms with van der Waals surface area (Å²) in [6, 6.07) is 13.6. The highest BCUT2D eigenvalue weighted by Crippen LogP contribution is 2.49. The second-order valence-electron chi connectivity index (χ2n) is 7.95. The number of fused-ring (bicyclic) bond motifs is 1. The van der Waals surface area contributed by atoms with Gasteiger partial charge in [0.1, 0.15) is 5.75 Å². The average Bonchev–Trinajstić information content (AvgIpc) is 3.20. The van der Waals surface area contributed by atoms with Gasteiger partial charge in [-0.25, -0.2) is 0 Å². The molecule has 1 aliphatic carbocycles. The van der Waals surface area contributed by atoms with E-state index in [-0.39, 0.29) is 5.91 Å².